The quantitative estimate of drug-likeness (QED) is 0.501. The summed E-state index contributed by atoms with van der Waals surface area (Å²) >= 11 is 0. The molecule has 2 aromatic heterocycles. The molecule has 2 heterocycles. The van der Waals surface area contributed by atoms with Crippen LogP contribution in [0.2, 0.25) is 0 Å². The van der Waals surface area contributed by atoms with Gasteiger partial charge in [0.25, 0.3) is 0 Å². The first-order valence-electron chi connectivity index (χ1n) is 6.68. The summed E-state index contributed by atoms with van der Waals surface area (Å²) in [5.74, 6) is -0.879. The van der Waals surface area contributed by atoms with Crippen LogP contribution in [0.4, 0.5) is 0 Å². The topological polar surface area (TPSA) is 85.1 Å². The minimum absolute atomic E-state index is 0. The van der Waals surface area contributed by atoms with Gasteiger partial charge in [0.05, 0.1) is 11.3 Å². The molecular weight excluding hydrogens is 301 g/mol. The number of pyridine rings is 1. The van der Waals surface area contributed by atoms with E-state index in [-0.39, 0.29) is 24.4 Å². The van der Waals surface area contributed by atoms with Crippen LogP contribution in [0.15, 0.2) is 71.8 Å². The molecule has 0 fully saturated rings. The van der Waals surface area contributed by atoms with E-state index in [4.69, 9.17) is 5.11 Å². The van der Waals surface area contributed by atoms with Crippen LogP contribution in [-0.2, 0) is 0 Å². The molecule has 1 N–H and O–H groups in total. The average molecular weight is 315 g/mol. The Bertz CT molecular complexity index is 836. The number of aromatic carboxylic acids is 1. The second kappa shape index (κ2) is 9.35. The number of hydrogen-bond donors (Lipinski definition) is 1. The number of carboxylic acid groups (broad SMARTS) is 1. The van der Waals surface area contributed by atoms with E-state index in [0.717, 1.165) is 10.2 Å². The van der Waals surface area contributed by atoms with Crippen molar-refractivity contribution in [2.24, 2.45) is 0 Å². The maximum Gasteiger partial charge on any atom is 1.00 e. The first-order valence-corrected chi connectivity index (χ1v) is 6.68. The van der Waals surface area contributed by atoms with E-state index in [2.05, 4.69) is 17.1 Å². The van der Waals surface area contributed by atoms with E-state index < -0.39 is 5.97 Å². The third-order valence-corrected chi connectivity index (χ3v) is 2.84. The molecule has 0 aliphatic carbocycles. The molecule has 0 saturated carbocycles. The van der Waals surface area contributed by atoms with Crippen molar-refractivity contribution in [1.82, 2.24) is 14.8 Å². The van der Waals surface area contributed by atoms with E-state index in [9.17, 15) is 9.59 Å². The Morgan fingerprint density at radius 2 is 1.75 bits per heavy atom. The Morgan fingerprint density at radius 1 is 1.04 bits per heavy atom. The SMILES string of the molecule is O=C(O)c1ccccc1.[CH2-]n1nc(-c2cccnc2)ccc1=O.[Li+]. The Hall–Kier alpha value is -2.81. The number of aromatic nitrogens is 3. The molecule has 1 aromatic carbocycles. The summed E-state index contributed by atoms with van der Waals surface area (Å²) in [6.45, 7) is 0. The molecule has 3 aromatic rings. The largest absolute Gasteiger partial charge is 1.00 e. The number of benzene rings is 1. The molecule has 0 unspecified atom stereocenters. The Kier molecular flexibility index (Phi) is 7.50. The molecule has 0 saturated heterocycles. The third-order valence-electron chi connectivity index (χ3n) is 2.84. The van der Waals surface area contributed by atoms with Crippen LogP contribution in [0.25, 0.3) is 11.3 Å². The predicted molar refractivity (Wildman–Crippen MR) is 85.9 cm³/mol. The van der Waals surface area contributed by atoms with E-state index >= 15 is 0 Å². The van der Waals surface area contributed by atoms with Crippen molar-refractivity contribution in [2.45, 2.75) is 0 Å². The second-order valence-corrected chi connectivity index (χ2v) is 4.47. The van der Waals surface area contributed by atoms with Crippen LogP contribution in [0.1, 0.15) is 10.4 Å². The molecule has 6 nitrogen and oxygen atoms in total. The summed E-state index contributed by atoms with van der Waals surface area (Å²) in [7, 11) is 3.48. The van der Waals surface area contributed by atoms with Gasteiger partial charge < -0.3 is 14.6 Å². The average Bonchev–Trinajstić information content (AvgIpc) is 2.59. The second-order valence-electron chi connectivity index (χ2n) is 4.47. The summed E-state index contributed by atoms with van der Waals surface area (Å²) in [5, 5.41) is 12.4. The number of carbonyl (C=O) groups is 1. The number of rotatable bonds is 2. The minimum atomic E-state index is -0.879. The minimum Gasteiger partial charge on any atom is -0.478 e. The monoisotopic (exact) mass is 315 g/mol. The van der Waals surface area contributed by atoms with E-state index in [1.54, 1.807) is 48.8 Å². The van der Waals surface area contributed by atoms with Gasteiger partial charge in [0, 0.05) is 18.0 Å². The standard InChI is InChI=1S/C10H8N3O.C7H6O2.Li/c1-13-10(14)5-4-9(12-13)8-3-2-6-11-7-8;8-7(9)6-4-2-1-3-5-6;/h2-7H,1H2;1-5H,(H,8,9);/q-1;;+1. The van der Waals surface area contributed by atoms with Gasteiger partial charge in [-0.1, -0.05) is 24.3 Å². The predicted octanol–water partition coefficient (Wildman–Crippen LogP) is -0.666. The first kappa shape index (κ1) is 19.2. The maximum absolute atomic E-state index is 11.0. The molecule has 0 radical (unpaired) electrons. The number of carboxylic acids is 1. The van der Waals surface area contributed by atoms with Gasteiger partial charge in [-0.2, -0.15) is 7.05 Å². The van der Waals surface area contributed by atoms with Crippen molar-refractivity contribution in [1.29, 1.82) is 0 Å². The zero-order valence-corrected chi connectivity index (χ0v) is 13.2. The maximum atomic E-state index is 11.0. The summed E-state index contributed by atoms with van der Waals surface area (Å²) in [4.78, 5) is 25.2. The molecule has 0 spiro atoms. The van der Waals surface area contributed by atoms with Crippen LogP contribution in [0.5, 0.6) is 0 Å². The molecule has 0 aliphatic heterocycles. The third kappa shape index (κ3) is 5.43. The summed E-state index contributed by atoms with van der Waals surface area (Å²) in [5.41, 5.74) is 1.66. The van der Waals surface area contributed by atoms with E-state index in [1.165, 1.54) is 6.07 Å². The number of hydrogen-bond acceptors (Lipinski definition) is 4. The van der Waals surface area contributed by atoms with Gasteiger partial charge >= 0.3 is 24.8 Å². The molecule has 3 rings (SSSR count). The summed E-state index contributed by atoms with van der Waals surface area (Å²) in [6, 6.07) is 15.1. The molecular formula is C17H14LiN3O3. The van der Waals surface area contributed by atoms with Crippen LogP contribution in [0.3, 0.4) is 0 Å². The molecule has 7 heteroatoms. The first-order chi connectivity index (χ1) is 11.1. The van der Waals surface area contributed by atoms with Gasteiger partial charge in [-0.25, -0.2) is 9.89 Å². The van der Waals surface area contributed by atoms with Crippen molar-refractivity contribution in [3.63, 3.8) is 0 Å². The van der Waals surface area contributed by atoms with Crippen LogP contribution >= 0.6 is 0 Å². The van der Waals surface area contributed by atoms with Gasteiger partial charge in [0.2, 0.25) is 0 Å². The molecule has 0 aliphatic rings. The number of nitrogens with zero attached hydrogens (tertiary/aromatic N) is 3. The summed E-state index contributed by atoms with van der Waals surface area (Å²) in [6.07, 6.45) is 3.37. The Labute approximate surface area is 151 Å². The van der Waals surface area contributed by atoms with Crippen molar-refractivity contribution >= 4 is 5.97 Å². The fourth-order valence-corrected chi connectivity index (χ4v) is 1.70. The molecule has 0 amide bonds. The van der Waals surface area contributed by atoms with Gasteiger partial charge in [-0.15, -0.1) is 0 Å². The van der Waals surface area contributed by atoms with Crippen molar-refractivity contribution in [2.75, 3.05) is 0 Å². The van der Waals surface area contributed by atoms with Gasteiger partial charge in [0.15, 0.2) is 0 Å². The smallest absolute Gasteiger partial charge is 0.478 e. The van der Waals surface area contributed by atoms with Gasteiger partial charge in [-0.05, 0) is 30.3 Å². The van der Waals surface area contributed by atoms with Crippen molar-refractivity contribution < 1.29 is 28.8 Å². The Morgan fingerprint density at radius 3 is 2.25 bits per heavy atom. The fraction of sp³-hybridized carbons (Fsp3) is 0. The molecule has 0 bridgehead atoms. The van der Waals surface area contributed by atoms with Crippen LogP contribution in [-0.4, -0.2) is 25.8 Å². The Balaban J connectivity index is 0.000000252. The van der Waals surface area contributed by atoms with Gasteiger partial charge in [0.1, 0.15) is 5.56 Å². The molecule has 0 atom stereocenters. The van der Waals surface area contributed by atoms with Crippen molar-refractivity contribution in [3.05, 3.63) is 90.0 Å². The van der Waals surface area contributed by atoms with Gasteiger partial charge in [-0.3, -0.25) is 4.98 Å². The normalized spacial score (nSPS) is 9.17. The van der Waals surface area contributed by atoms with E-state index in [0.29, 0.717) is 11.3 Å². The fourth-order valence-electron chi connectivity index (χ4n) is 1.70. The van der Waals surface area contributed by atoms with E-state index in [1.807, 2.05) is 12.1 Å². The van der Waals surface area contributed by atoms with Crippen LogP contribution < -0.4 is 24.4 Å². The zero-order valence-electron chi connectivity index (χ0n) is 13.2. The molecule has 116 valence electrons. The van der Waals surface area contributed by atoms with Crippen LogP contribution in [0, 0.1) is 7.05 Å². The summed E-state index contributed by atoms with van der Waals surface area (Å²) < 4.78 is 1.06. The molecule has 24 heavy (non-hydrogen) atoms. The van der Waals surface area contributed by atoms with Crippen molar-refractivity contribution in [3.8, 4) is 11.3 Å². The zero-order chi connectivity index (χ0) is 16.7.